The van der Waals surface area contributed by atoms with Crippen LogP contribution in [0.15, 0.2) is 18.2 Å². The lowest BCUT2D eigenvalue weighted by Crippen LogP contribution is -2.10. The smallest absolute Gasteiger partial charge is 0.362 e. The van der Waals surface area contributed by atoms with Gasteiger partial charge in [-0.05, 0) is 31.9 Å². The molecule has 1 heterocycles. The fraction of sp³-hybridized carbons (Fsp3) is 0.571. The number of ether oxygens (including phenoxy) is 1. The van der Waals surface area contributed by atoms with Crippen LogP contribution < -0.4 is 5.30 Å². The Hall–Kier alpha value is -0.670. The molecule has 0 aromatic heterocycles. The van der Waals surface area contributed by atoms with Crippen molar-refractivity contribution in [1.29, 1.82) is 0 Å². The third kappa shape index (κ3) is 2.92. The predicted octanol–water partition coefficient (Wildman–Crippen LogP) is 3.35. The zero-order valence-corrected chi connectivity index (χ0v) is 12.6. The van der Waals surface area contributed by atoms with Crippen LogP contribution in [0.5, 0.6) is 0 Å². The van der Waals surface area contributed by atoms with Gasteiger partial charge in [0, 0.05) is 19.6 Å². The summed E-state index contributed by atoms with van der Waals surface area (Å²) in [6, 6.07) is 5.88. The molecule has 0 radical (unpaired) electrons. The number of rotatable bonds is 6. The summed E-state index contributed by atoms with van der Waals surface area (Å²) < 4.78 is 29.3. The molecular formula is C14H21O4P. The molecule has 1 aromatic carbocycles. The van der Waals surface area contributed by atoms with Crippen molar-refractivity contribution in [2.45, 2.75) is 33.3 Å². The van der Waals surface area contributed by atoms with E-state index in [4.69, 9.17) is 13.8 Å². The van der Waals surface area contributed by atoms with Gasteiger partial charge in [0.2, 0.25) is 0 Å². The minimum Gasteiger partial charge on any atom is -0.382 e. The molecule has 0 spiro atoms. The molecule has 0 saturated carbocycles. The van der Waals surface area contributed by atoms with E-state index in [1.807, 2.05) is 39.0 Å². The first-order valence-corrected chi connectivity index (χ1v) is 8.27. The van der Waals surface area contributed by atoms with Gasteiger partial charge in [-0.2, -0.15) is 0 Å². The number of benzene rings is 1. The Morgan fingerprint density at radius 3 is 2.79 bits per heavy atom. The molecular weight excluding hydrogens is 263 g/mol. The molecule has 1 aliphatic heterocycles. The second-order valence-electron chi connectivity index (χ2n) is 4.51. The monoisotopic (exact) mass is 284 g/mol. The summed E-state index contributed by atoms with van der Waals surface area (Å²) in [5, 5.41) is 0.748. The Kier molecular flexibility index (Phi) is 4.80. The van der Waals surface area contributed by atoms with Crippen molar-refractivity contribution in [2.75, 3.05) is 19.8 Å². The molecule has 106 valence electrons. The van der Waals surface area contributed by atoms with Crippen LogP contribution in [0.2, 0.25) is 0 Å². The summed E-state index contributed by atoms with van der Waals surface area (Å²) >= 11 is 0. The van der Waals surface area contributed by atoms with Gasteiger partial charge in [0.25, 0.3) is 0 Å². The van der Waals surface area contributed by atoms with Crippen LogP contribution >= 0.6 is 7.60 Å². The maximum absolute atomic E-state index is 12.8. The second kappa shape index (κ2) is 6.19. The molecule has 0 bridgehead atoms. The lowest BCUT2D eigenvalue weighted by atomic mass is 10.0. The van der Waals surface area contributed by atoms with Gasteiger partial charge in [0.15, 0.2) is 0 Å². The maximum atomic E-state index is 12.8. The minimum atomic E-state index is -3.16. The highest BCUT2D eigenvalue weighted by Crippen LogP contribution is 2.58. The molecule has 2 atom stereocenters. The van der Waals surface area contributed by atoms with Crippen LogP contribution in [-0.4, -0.2) is 19.8 Å². The molecule has 5 heteroatoms. The Morgan fingerprint density at radius 1 is 1.32 bits per heavy atom. The zero-order chi connectivity index (χ0) is 13.9. The van der Waals surface area contributed by atoms with Gasteiger partial charge >= 0.3 is 7.60 Å². The first kappa shape index (κ1) is 14.7. The molecule has 0 fully saturated rings. The van der Waals surface area contributed by atoms with Gasteiger partial charge in [-0.25, -0.2) is 0 Å². The normalized spacial score (nSPS) is 25.5. The molecule has 0 saturated heterocycles. The van der Waals surface area contributed by atoms with Crippen LogP contribution in [0, 0.1) is 6.92 Å². The Bertz CT molecular complexity index is 486. The molecule has 0 aliphatic carbocycles. The quantitative estimate of drug-likeness (QED) is 0.593. The Labute approximate surface area is 114 Å². The van der Waals surface area contributed by atoms with E-state index in [2.05, 4.69) is 0 Å². The predicted molar refractivity (Wildman–Crippen MR) is 75.0 cm³/mol. The third-order valence-electron chi connectivity index (χ3n) is 3.18. The van der Waals surface area contributed by atoms with E-state index in [0.29, 0.717) is 26.2 Å². The number of hydrogen-bond donors (Lipinski definition) is 0. The molecule has 1 aromatic rings. The number of hydrogen-bond acceptors (Lipinski definition) is 4. The van der Waals surface area contributed by atoms with Crippen LogP contribution in [-0.2, 0) is 18.3 Å². The molecule has 2 rings (SSSR count). The molecule has 1 aliphatic rings. The summed E-state index contributed by atoms with van der Waals surface area (Å²) in [6.07, 6.45) is 0.500. The van der Waals surface area contributed by atoms with Crippen LogP contribution in [0.4, 0.5) is 0 Å². The summed E-state index contributed by atoms with van der Waals surface area (Å²) in [5.74, 6) is 0. The van der Waals surface area contributed by atoms with E-state index in [9.17, 15) is 4.57 Å². The highest BCUT2D eigenvalue weighted by atomic mass is 31.2. The van der Waals surface area contributed by atoms with Gasteiger partial charge in [-0.1, -0.05) is 18.2 Å². The van der Waals surface area contributed by atoms with Crippen LogP contribution in [0.25, 0.3) is 0 Å². The minimum absolute atomic E-state index is 0.196. The van der Waals surface area contributed by atoms with Crippen LogP contribution in [0.3, 0.4) is 0 Å². The molecule has 0 amide bonds. The van der Waals surface area contributed by atoms with Crippen molar-refractivity contribution in [3.8, 4) is 0 Å². The third-order valence-corrected chi connectivity index (χ3v) is 5.47. The SMILES string of the molecule is CCOCCC1OP(=O)(OCC)c2c(C)cccc21. The summed E-state index contributed by atoms with van der Waals surface area (Å²) in [7, 11) is -3.16. The van der Waals surface area contributed by atoms with E-state index in [1.54, 1.807) is 0 Å². The van der Waals surface area contributed by atoms with Gasteiger partial charge in [0.1, 0.15) is 0 Å². The van der Waals surface area contributed by atoms with E-state index in [0.717, 1.165) is 16.4 Å². The summed E-state index contributed by atoms with van der Waals surface area (Å²) in [6.45, 7) is 7.38. The summed E-state index contributed by atoms with van der Waals surface area (Å²) in [4.78, 5) is 0. The average Bonchev–Trinajstić information content (AvgIpc) is 2.65. The van der Waals surface area contributed by atoms with Crippen molar-refractivity contribution in [3.63, 3.8) is 0 Å². The Balaban J connectivity index is 2.29. The Morgan fingerprint density at radius 2 is 2.11 bits per heavy atom. The van der Waals surface area contributed by atoms with E-state index in [1.165, 1.54) is 0 Å². The van der Waals surface area contributed by atoms with Crippen molar-refractivity contribution >= 4 is 12.9 Å². The van der Waals surface area contributed by atoms with Crippen LogP contribution in [0.1, 0.15) is 37.5 Å². The van der Waals surface area contributed by atoms with Gasteiger partial charge in [-0.15, -0.1) is 0 Å². The average molecular weight is 284 g/mol. The highest BCUT2D eigenvalue weighted by Gasteiger charge is 2.43. The fourth-order valence-corrected chi connectivity index (χ4v) is 4.63. The first-order valence-electron chi connectivity index (χ1n) is 6.73. The lowest BCUT2D eigenvalue weighted by molar-refractivity contribution is 0.0958. The standard InChI is InChI=1S/C14H21O4P/c1-4-16-10-9-13-12-8-6-7-11(3)14(12)19(15,18-13)17-5-2/h6-8,13H,4-5,9-10H2,1-3H3. The highest BCUT2D eigenvalue weighted by molar-refractivity contribution is 7.62. The number of fused-ring (bicyclic) bond motifs is 1. The largest absolute Gasteiger partial charge is 0.382 e. The van der Waals surface area contributed by atoms with E-state index in [-0.39, 0.29) is 6.10 Å². The van der Waals surface area contributed by atoms with Crippen molar-refractivity contribution in [2.24, 2.45) is 0 Å². The molecule has 19 heavy (non-hydrogen) atoms. The van der Waals surface area contributed by atoms with Gasteiger partial charge in [0.05, 0.1) is 18.0 Å². The van der Waals surface area contributed by atoms with E-state index >= 15 is 0 Å². The van der Waals surface area contributed by atoms with Crippen molar-refractivity contribution in [3.05, 3.63) is 29.3 Å². The molecule has 4 nitrogen and oxygen atoms in total. The fourth-order valence-electron chi connectivity index (χ4n) is 2.40. The zero-order valence-electron chi connectivity index (χ0n) is 11.7. The first-order chi connectivity index (χ1) is 9.12. The number of aryl methyl sites for hydroxylation is 1. The summed E-state index contributed by atoms with van der Waals surface area (Å²) in [5.41, 5.74) is 1.95. The maximum Gasteiger partial charge on any atom is 0.362 e. The van der Waals surface area contributed by atoms with Gasteiger partial charge < -0.3 is 9.26 Å². The van der Waals surface area contributed by atoms with Crippen molar-refractivity contribution < 1.29 is 18.3 Å². The lowest BCUT2D eigenvalue weighted by Gasteiger charge is -2.14. The topological polar surface area (TPSA) is 44.8 Å². The molecule has 2 unspecified atom stereocenters. The van der Waals surface area contributed by atoms with E-state index < -0.39 is 7.60 Å². The van der Waals surface area contributed by atoms with Crippen molar-refractivity contribution in [1.82, 2.24) is 0 Å². The van der Waals surface area contributed by atoms with Gasteiger partial charge in [-0.3, -0.25) is 9.09 Å². The second-order valence-corrected chi connectivity index (χ2v) is 6.42. The molecule has 0 N–H and O–H groups in total.